The Morgan fingerprint density at radius 3 is 2.70 bits per heavy atom. The van der Waals surface area contributed by atoms with Gasteiger partial charge in [0.2, 0.25) is 0 Å². The molecule has 0 saturated heterocycles. The Bertz CT molecular complexity index is 449. The van der Waals surface area contributed by atoms with Crippen LogP contribution in [0.1, 0.15) is 24.1 Å². The zero-order valence-corrected chi connectivity index (χ0v) is 13.3. The summed E-state index contributed by atoms with van der Waals surface area (Å²) in [6.07, 6.45) is 0. The number of carbonyl (C=O) groups excluding carboxylic acids is 1. The average Bonchev–Trinajstić information content (AvgIpc) is 2.35. The third-order valence-electron chi connectivity index (χ3n) is 2.97. The number of hydrogen-bond donors (Lipinski definition) is 1. The van der Waals surface area contributed by atoms with E-state index in [1.807, 2.05) is 40.1 Å². The van der Waals surface area contributed by atoms with Gasteiger partial charge >= 0.3 is 5.97 Å². The summed E-state index contributed by atoms with van der Waals surface area (Å²) in [6.45, 7) is 5.68. The molecule has 0 spiro atoms. The Balaban J connectivity index is 2.88. The molecule has 0 amide bonds. The Morgan fingerprint density at radius 1 is 1.45 bits per heavy atom. The van der Waals surface area contributed by atoms with Crippen LogP contribution < -0.4 is 5.32 Å². The van der Waals surface area contributed by atoms with E-state index in [4.69, 9.17) is 16.3 Å². The van der Waals surface area contributed by atoms with Crippen LogP contribution in [0.2, 0.25) is 5.02 Å². The highest BCUT2D eigenvalue weighted by Crippen LogP contribution is 2.22. The molecule has 0 aliphatic carbocycles. The molecule has 1 N–H and O–H groups in total. The number of likely N-dealkylation sites (N-methyl/N-ethyl adjacent to an activating group) is 1. The molecule has 0 saturated carbocycles. The van der Waals surface area contributed by atoms with Gasteiger partial charge in [-0.05, 0) is 51.2 Å². The van der Waals surface area contributed by atoms with E-state index in [0.29, 0.717) is 18.2 Å². The summed E-state index contributed by atoms with van der Waals surface area (Å²) < 4.78 is 5.15. The summed E-state index contributed by atoms with van der Waals surface area (Å²) in [6, 6.07) is 5.08. The van der Waals surface area contributed by atoms with Crippen molar-refractivity contribution in [1.82, 2.24) is 10.2 Å². The lowest BCUT2D eigenvalue weighted by atomic mass is 10.0. The molecule has 1 atom stereocenters. The molecule has 0 bridgehead atoms. The summed E-state index contributed by atoms with van der Waals surface area (Å²) in [7, 11) is 3.99. The number of esters is 1. The van der Waals surface area contributed by atoms with Crippen LogP contribution in [0.15, 0.2) is 18.2 Å². The smallest absolute Gasteiger partial charge is 0.327 e. The molecule has 20 heavy (non-hydrogen) atoms. The monoisotopic (exact) mass is 298 g/mol. The zero-order valence-electron chi connectivity index (χ0n) is 12.6. The van der Waals surface area contributed by atoms with Gasteiger partial charge in [0.1, 0.15) is 6.04 Å². The van der Waals surface area contributed by atoms with Crippen LogP contribution in [0.5, 0.6) is 0 Å². The third kappa shape index (κ3) is 5.12. The minimum absolute atomic E-state index is 0.253. The highest BCUT2D eigenvalue weighted by molar-refractivity contribution is 6.30. The summed E-state index contributed by atoms with van der Waals surface area (Å²) in [5, 5.41) is 3.92. The van der Waals surface area contributed by atoms with E-state index in [0.717, 1.165) is 17.7 Å². The number of aryl methyl sites for hydroxylation is 1. The summed E-state index contributed by atoms with van der Waals surface area (Å²) in [4.78, 5) is 14.2. The molecule has 0 aromatic heterocycles. The Morgan fingerprint density at radius 2 is 2.15 bits per heavy atom. The quantitative estimate of drug-likeness (QED) is 0.785. The molecule has 1 aromatic carbocycles. The van der Waals surface area contributed by atoms with Crippen molar-refractivity contribution in [3.8, 4) is 0 Å². The van der Waals surface area contributed by atoms with E-state index in [-0.39, 0.29) is 5.97 Å². The topological polar surface area (TPSA) is 41.6 Å². The van der Waals surface area contributed by atoms with Crippen LogP contribution in [0, 0.1) is 6.92 Å². The number of rotatable bonds is 7. The molecule has 5 heteroatoms. The molecule has 0 fully saturated rings. The SMILES string of the molecule is CCOC(=O)C(NCCN(C)C)c1ccc(Cl)cc1C. The number of ether oxygens (including phenoxy) is 1. The predicted molar refractivity (Wildman–Crippen MR) is 82.1 cm³/mol. The molecule has 1 aromatic rings. The van der Waals surface area contributed by atoms with Gasteiger partial charge in [-0.15, -0.1) is 0 Å². The van der Waals surface area contributed by atoms with Gasteiger partial charge in [-0.2, -0.15) is 0 Å². The van der Waals surface area contributed by atoms with Crippen LogP contribution in [-0.4, -0.2) is 44.7 Å². The number of halogens is 1. The van der Waals surface area contributed by atoms with Crippen molar-refractivity contribution in [2.75, 3.05) is 33.8 Å². The second-order valence-corrected chi connectivity index (χ2v) is 5.38. The first-order chi connectivity index (χ1) is 9.45. The maximum atomic E-state index is 12.1. The first-order valence-electron chi connectivity index (χ1n) is 6.76. The largest absolute Gasteiger partial charge is 0.465 e. The van der Waals surface area contributed by atoms with E-state index in [2.05, 4.69) is 10.2 Å². The number of carbonyl (C=O) groups is 1. The van der Waals surface area contributed by atoms with Gasteiger partial charge < -0.3 is 9.64 Å². The molecule has 0 aliphatic heterocycles. The summed E-state index contributed by atoms with van der Waals surface area (Å²) >= 11 is 5.97. The summed E-state index contributed by atoms with van der Waals surface area (Å²) in [5.41, 5.74) is 1.89. The molecule has 1 rings (SSSR count). The number of nitrogens with one attached hydrogen (secondary N) is 1. The fraction of sp³-hybridized carbons (Fsp3) is 0.533. The second-order valence-electron chi connectivity index (χ2n) is 4.94. The Labute approximate surface area is 126 Å². The van der Waals surface area contributed by atoms with Gasteiger partial charge in [-0.1, -0.05) is 17.7 Å². The fourth-order valence-electron chi connectivity index (χ4n) is 1.94. The van der Waals surface area contributed by atoms with Gasteiger partial charge in [-0.3, -0.25) is 5.32 Å². The van der Waals surface area contributed by atoms with E-state index in [1.165, 1.54) is 0 Å². The number of benzene rings is 1. The van der Waals surface area contributed by atoms with E-state index in [9.17, 15) is 4.79 Å². The average molecular weight is 299 g/mol. The lowest BCUT2D eigenvalue weighted by molar-refractivity contribution is -0.145. The second kappa shape index (κ2) is 8.25. The van der Waals surface area contributed by atoms with Crippen LogP contribution in [-0.2, 0) is 9.53 Å². The highest BCUT2D eigenvalue weighted by Gasteiger charge is 2.22. The van der Waals surface area contributed by atoms with Gasteiger partial charge in [0.15, 0.2) is 0 Å². The lowest BCUT2D eigenvalue weighted by Gasteiger charge is -2.20. The normalized spacial score (nSPS) is 12.5. The fourth-order valence-corrected chi connectivity index (χ4v) is 2.17. The van der Waals surface area contributed by atoms with Crippen molar-refractivity contribution < 1.29 is 9.53 Å². The highest BCUT2D eigenvalue weighted by atomic mass is 35.5. The molecule has 0 aliphatic rings. The van der Waals surface area contributed by atoms with E-state index >= 15 is 0 Å². The van der Waals surface area contributed by atoms with Crippen molar-refractivity contribution in [2.24, 2.45) is 0 Å². The van der Waals surface area contributed by atoms with E-state index in [1.54, 1.807) is 6.07 Å². The van der Waals surface area contributed by atoms with Crippen molar-refractivity contribution >= 4 is 17.6 Å². The molecular weight excluding hydrogens is 276 g/mol. The molecule has 112 valence electrons. The molecule has 0 radical (unpaired) electrons. The molecule has 4 nitrogen and oxygen atoms in total. The van der Waals surface area contributed by atoms with Crippen molar-refractivity contribution in [3.63, 3.8) is 0 Å². The van der Waals surface area contributed by atoms with Gasteiger partial charge in [-0.25, -0.2) is 4.79 Å². The first kappa shape index (κ1) is 17.0. The molecule has 1 unspecified atom stereocenters. The third-order valence-corrected chi connectivity index (χ3v) is 3.21. The minimum Gasteiger partial charge on any atom is -0.465 e. The van der Waals surface area contributed by atoms with Gasteiger partial charge in [0.05, 0.1) is 6.61 Å². The standard InChI is InChI=1S/C15H23ClN2O2/c1-5-20-15(19)14(17-8-9-18(3)4)13-7-6-12(16)10-11(13)2/h6-7,10,14,17H,5,8-9H2,1-4H3. The lowest BCUT2D eigenvalue weighted by Crippen LogP contribution is -2.35. The number of nitrogens with zero attached hydrogens (tertiary/aromatic N) is 1. The van der Waals surface area contributed by atoms with Crippen LogP contribution >= 0.6 is 11.6 Å². The molecular formula is C15H23ClN2O2. The van der Waals surface area contributed by atoms with E-state index < -0.39 is 6.04 Å². The van der Waals surface area contributed by atoms with Gasteiger partial charge in [0, 0.05) is 18.1 Å². The maximum Gasteiger partial charge on any atom is 0.327 e. The number of hydrogen-bond acceptors (Lipinski definition) is 4. The predicted octanol–water partition coefficient (Wildman–Crippen LogP) is 2.40. The van der Waals surface area contributed by atoms with Crippen molar-refractivity contribution in [3.05, 3.63) is 34.3 Å². The summed E-state index contributed by atoms with van der Waals surface area (Å²) in [5.74, 6) is -0.253. The Kier molecular flexibility index (Phi) is 6.99. The van der Waals surface area contributed by atoms with Crippen LogP contribution in [0.4, 0.5) is 0 Å². The Hall–Kier alpha value is -1.10. The van der Waals surface area contributed by atoms with Crippen molar-refractivity contribution in [1.29, 1.82) is 0 Å². The first-order valence-corrected chi connectivity index (χ1v) is 7.14. The zero-order chi connectivity index (χ0) is 15.1. The minimum atomic E-state index is -0.452. The van der Waals surface area contributed by atoms with Crippen LogP contribution in [0.3, 0.4) is 0 Å². The van der Waals surface area contributed by atoms with Crippen LogP contribution in [0.25, 0.3) is 0 Å². The van der Waals surface area contributed by atoms with Gasteiger partial charge in [0.25, 0.3) is 0 Å². The molecule has 0 heterocycles. The maximum absolute atomic E-state index is 12.1. The van der Waals surface area contributed by atoms with Crippen molar-refractivity contribution in [2.45, 2.75) is 19.9 Å².